The van der Waals surface area contributed by atoms with Crippen molar-refractivity contribution in [3.05, 3.63) is 83.6 Å². The summed E-state index contributed by atoms with van der Waals surface area (Å²) in [6.07, 6.45) is 7.99. The number of nitrogens with zero attached hydrogens (tertiary/aromatic N) is 4. The number of halogens is 1. The summed E-state index contributed by atoms with van der Waals surface area (Å²) in [6, 6.07) is 11.3. The summed E-state index contributed by atoms with van der Waals surface area (Å²) in [7, 11) is 1.69. The topological polar surface area (TPSA) is 60.7 Å². The number of benzene rings is 2. The third-order valence-corrected chi connectivity index (χ3v) is 6.82. The molecule has 6 nitrogen and oxygen atoms in total. The highest BCUT2D eigenvalue weighted by Crippen LogP contribution is 2.38. The maximum absolute atomic E-state index is 13.7. The molecule has 1 atom stereocenters. The van der Waals surface area contributed by atoms with Crippen LogP contribution in [-0.2, 0) is 6.54 Å². The smallest absolute Gasteiger partial charge is 0.152 e. The van der Waals surface area contributed by atoms with Gasteiger partial charge in [0.1, 0.15) is 17.3 Å². The molecule has 1 aliphatic rings. The first kappa shape index (κ1) is 20.7. The molecule has 1 aliphatic heterocycles. The number of H-pyrrole nitrogens is 1. The molecule has 0 bridgehead atoms. The molecule has 2 aromatic carbocycles. The van der Waals surface area contributed by atoms with Gasteiger partial charge in [0.15, 0.2) is 5.75 Å². The number of methoxy groups -OCH3 is 1. The van der Waals surface area contributed by atoms with Crippen LogP contribution in [-0.4, -0.2) is 31.2 Å². The van der Waals surface area contributed by atoms with Crippen LogP contribution in [0.5, 0.6) is 5.75 Å². The molecule has 1 unspecified atom stereocenters. The molecule has 0 saturated carbocycles. The minimum Gasteiger partial charge on any atom is -0.494 e. The number of fused-ring (bicyclic) bond motifs is 2. The Kier molecular flexibility index (Phi) is 4.79. The maximum Gasteiger partial charge on any atom is 0.152 e. The van der Waals surface area contributed by atoms with Crippen LogP contribution >= 0.6 is 0 Å². The molecule has 1 N–H and O–H groups in total. The molecule has 0 fully saturated rings. The summed E-state index contributed by atoms with van der Waals surface area (Å²) in [5, 5.41) is 0.998. The third-order valence-electron chi connectivity index (χ3n) is 6.82. The van der Waals surface area contributed by atoms with Crippen LogP contribution in [0.15, 0.2) is 55.1 Å². The van der Waals surface area contributed by atoms with E-state index in [1.54, 1.807) is 25.6 Å². The van der Waals surface area contributed by atoms with E-state index < -0.39 is 0 Å². The molecule has 6 rings (SSSR count). The molecule has 34 heavy (non-hydrogen) atoms. The van der Waals surface area contributed by atoms with Crippen molar-refractivity contribution in [2.45, 2.75) is 39.2 Å². The van der Waals surface area contributed by atoms with Gasteiger partial charge in [-0.3, -0.25) is 0 Å². The predicted octanol–water partition coefficient (Wildman–Crippen LogP) is 5.91. The number of ether oxygens (including phenoxy) is 1. The number of hydrogen-bond acceptors (Lipinski definition) is 3. The molecule has 3 aromatic heterocycles. The number of aryl methyl sites for hydroxylation is 3. The van der Waals surface area contributed by atoms with Crippen molar-refractivity contribution in [2.75, 3.05) is 7.11 Å². The van der Waals surface area contributed by atoms with Gasteiger partial charge in [-0.2, -0.15) is 0 Å². The van der Waals surface area contributed by atoms with Gasteiger partial charge < -0.3 is 18.9 Å². The molecule has 0 aliphatic carbocycles. The lowest BCUT2D eigenvalue weighted by Crippen LogP contribution is -2.17. The van der Waals surface area contributed by atoms with E-state index in [0.29, 0.717) is 0 Å². The summed E-state index contributed by atoms with van der Waals surface area (Å²) < 4.78 is 23.7. The fraction of sp³-hybridized carbons (Fsp3) is 0.259. The van der Waals surface area contributed by atoms with E-state index in [9.17, 15) is 4.39 Å². The first-order valence-corrected chi connectivity index (χ1v) is 11.6. The Labute approximate surface area is 197 Å². The van der Waals surface area contributed by atoms with Gasteiger partial charge in [-0.25, -0.2) is 14.4 Å². The monoisotopic (exact) mass is 455 g/mol. The Hall–Kier alpha value is -3.87. The summed E-state index contributed by atoms with van der Waals surface area (Å²) in [5.41, 5.74) is 6.86. The van der Waals surface area contributed by atoms with E-state index >= 15 is 0 Å². The lowest BCUT2D eigenvalue weighted by Gasteiger charge is -2.25. The minimum absolute atomic E-state index is 0.165. The number of rotatable bonds is 4. The second kappa shape index (κ2) is 7.87. The summed E-state index contributed by atoms with van der Waals surface area (Å²) in [4.78, 5) is 12.9. The largest absolute Gasteiger partial charge is 0.494 e. The van der Waals surface area contributed by atoms with Crippen molar-refractivity contribution in [3.63, 3.8) is 0 Å². The molecular weight excluding hydrogens is 429 g/mol. The second-order valence-electron chi connectivity index (χ2n) is 9.06. The zero-order chi connectivity index (χ0) is 23.4. The summed E-state index contributed by atoms with van der Waals surface area (Å²) in [5.74, 6) is 1.80. The molecule has 4 heterocycles. The molecular formula is C27H26FN5O. The van der Waals surface area contributed by atoms with Crippen LogP contribution in [0.25, 0.3) is 28.0 Å². The van der Waals surface area contributed by atoms with Gasteiger partial charge in [0.25, 0.3) is 0 Å². The molecule has 7 heteroatoms. The molecule has 0 spiro atoms. The van der Waals surface area contributed by atoms with Gasteiger partial charge >= 0.3 is 0 Å². The lowest BCUT2D eigenvalue weighted by molar-refractivity contribution is 0.418. The van der Waals surface area contributed by atoms with E-state index in [1.165, 1.54) is 0 Å². The molecule has 172 valence electrons. The SMILES string of the molecule is COc1c(-n2cnc(C)c2)ccc2[nH]c(-c3cn4c(n3)C(c3ccc(F)cc3C)CCC4)cc12. The van der Waals surface area contributed by atoms with Crippen molar-refractivity contribution >= 4 is 10.9 Å². The van der Waals surface area contributed by atoms with E-state index in [4.69, 9.17) is 9.72 Å². The van der Waals surface area contributed by atoms with Crippen molar-refractivity contribution in [1.29, 1.82) is 0 Å². The van der Waals surface area contributed by atoms with Crippen LogP contribution in [0.1, 0.15) is 41.4 Å². The van der Waals surface area contributed by atoms with E-state index in [0.717, 1.165) is 75.8 Å². The highest BCUT2D eigenvalue weighted by Gasteiger charge is 2.27. The van der Waals surface area contributed by atoms with Gasteiger partial charge in [-0.05, 0) is 68.1 Å². The van der Waals surface area contributed by atoms with Gasteiger partial charge in [-0.15, -0.1) is 0 Å². The Bertz CT molecular complexity index is 1530. The standard InChI is InChI=1S/C27H26FN5O/c1-16-11-18(28)6-7-19(16)20-5-4-10-32-14-24(31-27(20)32)23-12-21-22(30-23)8-9-25(26(21)34-3)33-13-17(2)29-15-33/h6-9,11-15,20,30H,4-5,10H2,1-3H3. The Morgan fingerprint density at radius 1 is 1.12 bits per heavy atom. The van der Waals surface area contributed by atoms with E-state index in [1.807, 2.05) is 36.7 Å². The van der Waals surface area contributed by atoms with Gasteiger partial charge in [0.05, 0.1) is 30.5 Å². The highest BCUT2D eigenvalue weighted by molar-refractivity contribution is 5.93. The summed E-state index contributed by atoms with van der Waals surface area (Å²) >= 11 is 0. The quantitative estimate of drug-likeness (QED) is 0.367. The van der Waals surface area contributed by atoms with Gasteiger partial charge in [0.2, 0.25) is 0 Å². The average molecular weight is 456 g/mol. The van der Waals surface area contributed by atoms with Crippen LogP contribution in [0.3, 0.4) is 0 Å². The Morgan fingerprint density at radius 3 is 2.76 bits per heavy atom. The van der Waals surface area contributed by atoms with Crippen molar-refractivity contribution < 1.29 is 9.13 Å². The fourth-order valence-electron chi connectivity index (χ4n) is 5.21. The van der Waals surface area contributed by atoms with Crippen LogP contribution in [0.4, 0.5) is 4.39 Å². The number of aromatic amines is 1. The normalized spacial score (nSPS) is 15.6. The molecule has 5 aromatic rings. The minimum atomic E-state index is -0.196. The highest BCUT2D eigenvalue weighted by atomic mass is 19.1. The molecule has 0 amide bonds. The lowest BCUT2D eigenvalue weighted by atomic mass is 9.88. The van der Waals surface area contributed by atoms with Crippen LogP contribution in [0, 0.1) is 19.7 Å². The summed E-state index contributed by atoms with van der Waals surface area (Å²) in [6.45, 7) is 4.88. The zero-order valence-corrected chi connectivity index (χ0v) is 19.5. The second-order valence-corrected chi connectivity index (χ2v) is 9.06. The number of imidazole rings is 2. The van der Waals surface area contributed by atoms with Crippen molar-refractivity contribution in [3.8, 4) is 22.8 Å². The van der Waals surface area contributed by atoms with E-state index in [2.05, 4.69) is 32.9 Å². The fourth-order valence-corrected chi connectivity index (χ4v) is 5.21. The average Bonchev–Trinajstić information content (AvgIpc) is 3.55. The third kappa shape index (κ3) is 3.31. The van der Waals surface area contributed by atoms with Crippen molar-refractivity contribution in [2.24, 2.45) is 0 Å². The number of nitrogens with one attached hydrogen (secondary N) is 1. The first-order chi connectivity index (χ1) is 16.5. The number of hydrogen-bond donors (Lipinski definition) is 1. The van der Waals surface area contributed by atoms with E-state index in [-0.39, 0.29) is 11.7 Å². The van der Waals surface area contributed by atoms with Gasteiger partial charge in [-0.1, -0.05) is 6.07 Å². The van der Waals surface area contributed by atoms with Crippen LogP contribution in [0.2, 0.25) is 0 Å². The number of aromatic nitrogens is 5. The van der Waals surface area contributed by atoms with Crippen LogP contribution < -0.4 is 4.74 Å². The Balaban J connectivity index is 1.43. The van der Waals surface area contributed by atoms with Gasteiger partial charge in [0, 0.05) is 35.8 Å². The predicted molar refractivity (Wildman–Crippen MR) is 130 cm³/mol. The molecule has 0 radical (unpaired) electrons. The van der Waals surface area contributed by atoms with Crippen molar-refractivity contribution in [1.82, 2.24) is 24.1 Å². The maximum atomic E-state index is 13.7. The Morgan fingerprint density at radius 2 is 2.00 bits per heavy atom. The zero-order valence-electron chi connectivity index (χ0n) is 19.5. The molecule has 0 saturated heterocycles. The first-order valence-electron chi connectivity index (χ1n) is 11.6.